The number of fused-ring (bicyclic) bond motifs is 1. The maximum atomic E-state index is 13.1. The van der Waals surface area contributed by atoms with E-state index in [2.05, 4.69) is 9.80 Å². The zero-order chi connectivity index (χ0) is 16.4. The summed E-state index contributed by atoms with van der Waals surface area (Å²) < 4.78 is 10.8. The van der Waals surface area contributed by atoms with Gasteiger partial charge in [0, 0.05) is 24.4 Å². The Hall–Kier alpha value is -1.40. The van der Waals surface area contributed by atoms with Crippen molar-refractivity contribution in [2.45, 2.75) is 25.3 Å². The lowest BCUT2D eigenvalue weighted by Crippen LogP contribution is -2.47. The van der Waals surface area contributed by atoms with Crippen molar-refractivity contribution in [3.05, 3.63) is 23.8 Å². The summed E-state index contributed by atoms with van der Waals surface area (Å²) in [4.78, 5) is 17.7. The van der Waals surface area contributed by atoms with E-state index in [0.717, 1.165) is 36.8 Å². The summed E-state index contributed by atoms with van der Waals surface area (Å²) in [5, 5.41) is 0. The Morgan fingerprint density at radius 2 is 1.96 bits per heavy atom. The molecule has 3 heterocycles. The molecule has 1 aromatic rings. The van der Waals surface area contributed by atoms with Crippen molar-refractivity contribution < 1.29 is 14.3 Å². The van der Waals surface area contributed by atoms with Crippen LogP contribution in [0.5, 0.6) is 11.5 Å². The molecule has 1 atom stereocenters. The molecule has 0 aromatic heterocycles. The Balaban J connectivity index is 1.52. The molecule has 0 spiro atoms. The van der Waals surface area contributed by atoms with Crippen LogP contribution in [-0.2, 0) is 0 Å². The van der Waals surface area contributed by atoms with Gasteiger partial charge in [0.15, 0.2) is 11.5 Å². The van der Waals surface area contributed by atoms with Gasteiger partial charge in [-0.05, 0) is 56.3 Å². The first-order valence-corrected chi connectivity index (χ1v) is 9.97. The van der Waals surface area contributed by atoms with Crippen LogP contribution >= 0.6 is 11.8 Å². The van der Waals surface area contributed by atoms with Crippen LogP contribution in [-0.4, -0.2) is 66.2 Å². The number of likely N-dealkylation sites (tertiary alicyclic amines) is 1. The zero-order valence-electron chi connectivity index (χ0n) is 13.9. The Morgan fingerprint density at radius 1 is 1.12 bits per heavy atom. The lowest BCUT2D eigenvalue weighted by molar-refractivity contribution is 0.0666. The fraction of sp³-hybridized carbons (Fsp3) is 0.611. The van der Waals surface area contributed by atoms with Crippen molar-refractivity contribution >= 4 is 17.7 Å². The SMILES string of the molecule is O=C(c1ccc2c(c1)OCO2)N1CCCSCC1CN1CCCC1. The summed E-state index contributed by atoms with van der Waals surface area (Å²) >= 11 is 1.98. The van der Waals surface area contributed by atoms with E-state index in [1.165, 1.54) is 25.9 Å². The molecule has 0 N–H and O–H groups in total. The molecule has 130 valence electrons. The molecule has 1 amide bonds. The third-order valence-corrected chi connectivity index (χ3v) is 6.18. The molecular formula is C18H24N2O3S. The average molecular weight is 348 g/mol. The number of ether oxygens (including phenoxy) is 2. The third kappa shape index (κ3) is 3.35. The molecule has 2 fully saturated rings. The first kappa shape index (κ1) is 16.1. The largest absolute Gasteiger partial charge is 0.454 e. The van der Waals surface area contributed by atoms with Gasteiger partial charge in [-0.1, -0.05) is 0 Å². The van der Waals surface area contributed by atoms with E-state index < -0.39 is 0 Å². The standard InChI is InChI=1S/C18H24N2O3S/c21-18(14-4-5-16-17(10-14)23-13-22-16)20-8-3-9-24-12-15(20)11-19-6-1-2-7-19/h4-5,10,15H,1-3,6-9,11-13H2. The quantitative estimate of drug-likeness (QED) is 0.839. The summed E-state index contributed by atoms with van der Waals surface area (Å²) in [7, 11) is 0. The second-order valence-electron chi connectivity index (χ2n) is 6.66. The molecule has 5 nitrogen and oxygen atoms in total. The van der Waals surface area contributed by atoms with Gasteiger partial charge in [0.2, 0.25) is 6.79 Å². The number of nitrogens with zero attached hydrogens (tertiary/aromatic N) is 2. The Bertz CT molecular complexity index is 604. The number of thioether (sulfide) groups is 1. The number of benzene rings is 1. The Kier molecular flexibility index (Phi) is 4.85. The smallest absolute Gasteiger partial charge is 0.254 e. The van der Waals surface area contributed by atoms with Gasteiger partial charge in [-0.3, -0.25) is 4.79 Å². The first-order chi connectivity index (χ1) is 11.8. The van der Waals surface area contributed by atoms with Gasteiger partial charge in [-0.25, -0.2) is 0 Å². The number of rotatable bonds is 3. The van der Waals surface area contributed by atoms with Gasteiger partial charge >= 0.3 is 0 Å². The lowest BCUT2D eigenvalue weighted by Gasteiger charge is -2.32. The number of hydrogen-bond donors (Lipinski definition) is 0. The highest BCUT2D eigenvalue weighted by molar-refractivity contribution is 7.99. The van der Waals surface area contributed by atoms with Gasteiger partial charge in [0.05, 0.1) is 6.04 Å². The highest BCUT2D eigenvalue weighted by Crippen LogP contribution is 2.33. The van der Waals surface area contributed by atoms with Crippen LogP contribution in [0.1, 0.15) is 29.6 Å². The van der Waals surface area contributed by atoms with E-state index in [9.17, 15) is 4.79 Å². The van der Waals surface area contributed by atoms with Crippen molar-refractivity contribution in [3.63, 3.8) is 0 Å². The molecule has 3 aliphatic rings. The first-order valence-electron chi connectivity index (χ1n) is 8.82. The van der Waals surface area contributed by atoms with Gasteiger partial charge < -0.3 is 19.3 Å². The lowest BCUT2D eigenvalue weighted by atomic mass is 10.1. The van der Waals surface area contributed by atoms with Gasteiger partial charge in [-0.2, -0.15) is 11.8 Å². The van der Waals surface area contributed by atoms with Crippen LogP contribution in [0.15, 0.2) is 18.2 Å². The van der Waals surface area contributed by atoms with Crippen molar-refractivity contribution in [1.82, 2.24) is 9.80 Å². The number of hydrogen-bond acceptors (Lipinski definition) is 5. The van der Waals surface area contributed by atoms with E-state index in [1.54, 1.807) is 0 Å². The molecule has 2 saturated heterocycles. The normalized spacial score (nSPS) is 24.2. The predicted octanol–water partition coefficient (Wildman–Crippen LogP) is 2.46. The molecule has 0 bridgehead atoms. The molecule has 6 heteroatoms. The summed E-state index contributed by atoms with van der Waals surface area (Å²) in [6.07, 6.45) is 3.64. The molecule has 24 heavy (non-hydrogen) atoms. The van der Waals surface area contributed by atoms with Gasteiger partial charge in [0.25, 0.3) is 5.91 Å². The number of carbonyl (C=O) groups is 1. The molecule has 0 aliphatic carbocycles. The minimum atomic E-state index is 0.125. The monoisotopic (exact) mass is 348 g/mol. The van der Waals surface area contributed by atoms with Crippen LogP contribution in [0.4, 0.5) is 0 Å². The highest BCUT2D eigenvalue weighted by atomic mass is 32.2. The topological polar surface area (TPSA) is 42.0 Å². The number of amides is 1. The Morgan fingerprint density at radius 3 is 2.83 bits per heavy atom. The van der Waals surface area contributed by atoms with Crippen LogP contribution in [0.25, 0.3) is 0 Å². The van der Waals surface area contributed by atoms with E-state index in [1.807, 2.05) is 30.0 Å². The van der Waals surface area contributed by atoms with Gasteiger partial charge in [-0.15, -0.1) is 0 Å². The van der Waals surface area contributed by atoms with E-state index in [0.29, 0.717) is 17.4 Å². The second-order valence-corrected chi connectivity index (χ2v) is 7.81. The maximum Gasteiger partial charge on any atom is 0.254 e. The summed E-state index contributed by atoms with van der Waals surface area (Å²) in [5.41, 5.74) is 0.706. The van der Waals surface area contributed by atoms with Crippen LogP contribution in [0.2, 0.25) is 0 Å². The second kappa shape index (κ2) is 7.23. The van der Waals surface area contributed by atoms with E-state index >= 15 is 0 Å². The minimum absolute atomic E-state index is 0.125. The van der Waals surface area contributed by atoms with Crippen LogP contribution in [0.3, 0.4) is 0 Å². The summed E-state index contributed by atoms with van der Waals surface area (Å²) in [6.45, 7) is 4.44. The number of carbonyl (C=O) groups excluding carboxylic acids is 1. The minimum Gasteiger partial charge on any atom is -0.454 e. The molecule has 1 aromatic carbocycles. The van der Waals surface area contributed by atoms with Crippen molar-refractivity contribution in [1.29, 1.82) is 0 Å². The summed E-state index contributed by atoms with van der Waals surface area (Å²) in [5.74, 6) is 3.71. The Labute approximate surface area is 147 Å². The molecule has 4 rings (SSSR count). The fourth-order valence-electron chi connectivity index (χ4n) is 3.71. The van der Waals surface area contributed by atoms with Crippen molar-refractivity contribution in [3.8, 4) is 11.5 Å². The van der Waals surface area contributed by atoms with Crippen molar-refractivity contribution in [2.75, 3.05) is 44.5 Å². The highest BCUT2D eigenvalue weighted by Gasteiger charge is 2.29. The van der Waals surface area contributed by atoms with Crippen LogP contribution in [0, 0.1) is 0 Å². The van der Waals surface area contributed by atoms with Crippen molar-refractivity contribution in [2.24, 2.45) is 0 Å². The molecular weight excluding hydrogens is 324 g/mol. The summed E-state index contributed by atoms with van der Waals surface area (Å²) in [6, 6.07) is 5.84. The fourth-order valence-corrected chi connectivity index (χ4v) is 4.76. The maximum absolute atomic E-state index is 13.1. The molecule has 0 radical (unpaired) electrons. The van der Waals surface area contributed by atoms with E-state index in [4.69, 9.17) is 9.47 Å². The molecule has 0 saturated carbocycles. The zero-order valence-corrected chi connectivity index (χ0v) is 14.7. The molecule has 3 aliphatic heterocycles. The molecule has 1 unspecified atom stereocenters. The average Bonchev–Trinajstić information content (AvgIpc) is 3.22. The van der Waals surface area contributed by atoms with Crippen LogP contribution < -0.4 is 9.47 Å². The van der Waals surface area contributed by atoms with Gasteiger partial charge in [0.1, 0.15) is 0 Å². The predicted molar refractivity (Wildman–Crippen MR) is 95.0 cm³/mol. The van der Waals surface area contributed by atoms with E-state index in [-0.39, 0.29) is 12.7 Å². The third-order valence-electron chi connectivity index (χ3n) is 4.99.